The van der Waals surface area contributed by atoms with Gasteiger partial charge in [-0.05, 0) is 31.6 Å². The maximum absolute atomic E-state index is 5.51. The van der Waals surface area contributed by atoms with Crippen molar-refractivity contribution in [2.24, 2.45) is 5.73 Å². The molecule has 0 aromatic rings. The first kappa shape index (κ1) is 9.31. The molecule has 0 saturated heterocycles. The number of rotatable bonds is 2. The Kier molecular flexibility index (Phi) is 4.77. The van der Waals surface area contributed by atoms with Crippen molar-refractivity contribution in [1.29, 1.82) is 0 Å². The van der Waals surface area contributed by atoms with Gasteiger partial charge in [-0.1, -0.05) is 17.7 Å². The second kappa shape index (κ2) is 5.12. The van der Waals surface area contributed by atoms with Crippen molar-refractivity contribution in [2.75, 3.05) is 0 Å². The Morgan fingerprint density at radius 3 is 2.50 bits per heavy atom. The van der Waals surface area contributed by atoms with Crippen molar-refractivity contribution >= 4 is 11.6 Å². The minimum atomic E-state index is 0.757. The van der Waals surface area contributed by atoms with Crippen LogP contribution in [-0.4, -0.2) is 0 Å². The molecule has 0 rings (SSSR count). The number of nitrogens with two attached hydrogens (primary N) is 1. The molecule has 0 aromatic carbocycles. The summed E-state index contributed by atoms with van der Waals surface area (Å²) in [6.07, 6.45) is 5.49. The summed E-state index contributed by atoms with van der Waals surface area (Å²) in [5.41, 5.74) is 8.78. The van der Waals surface area contributed by atoms with Crippen molar-refractivity contribution in [2.45, 2.75) is 13.8 Å². The van der Waals surface area contributed by atoms with Gasteiger partial charge in [0.15, 0.2) is 0 Å². The third kappa shape index (κ3) is 4.21. The highest BCUT2D eigenvalue weighted by Gasteiger charge is 1.81. The third-order valence-corrected chi connectivity index (χ3v) is 1.18. The van der Waals surface area contributed by atoms with Crippen LogP contribution in [0.25, 0.3) is 0 Å². The van der Waals surface area contributed by atoms with E-state index in [9.17, 15) is 0 Å². The van der Waals surface area contributed by atoms with Gasteiger partial charge in [-0.3, -0.25) is 0 Å². The minimum Gasteiger partial charge on any atom is -0.399 e. The first-order chi connectivity index (χ1) is 4.70. The number of hydrogen-bond acceptors (Lipinski definition) is 1. The Labute approximate surface area is 66.9 Å². The smallest absolute Gasteiger partial charge is 0.0273 e. The van der Waals surface area contributed by atoms with E-state index in [1.54, 1.807) is 6.08 Å². The highest BCUT2D eigenvalue weighted by molar-refractivity contribution is 6.25. The van der Waals surface area contributed by atoms with Gasteiger partial charge in [0.2, 0.25) is 0 Å². The second-order valence-corrected chi connectivity index (χ2v) is 2.22. The van der Waals surface area contributed by atoms with Crippen LogP contribution in [-0.2, 0) is 0 Å². The van der Waals surface area contributed by atoms with Gasteiger partial charge in [0, 0.05) is 11.2 Å². The van der Waals surface area contributed by atoms with Crippen LogP contribution in [0.4, 0.5) is 0 Å². The largest absolute Gasteiger partial charge is 0.399 e. The van der Waals surface area contributed by atoms with Gasteiger partial charge in [-0.15, -0.1) is 0 Å². The van der Waals surface area contributed by atoms with Crippen LogP contribution in [0.15, 0.2) is 35.0 Å². The van der Waals surface area contributed by atoms with Gasteiger partial charge < -0.3 is 5.73 Å². The quantitative estimate of drug-likeness (QED) is 0.613. The lowest BCUT2D eigenvalue weighted by Crippen LogP contribution is -1.91. The lowest BCUT2D eigenvalue weighted by Gasteiger charge is -1.91. The van der Waals surface area contributed by atoms with Crippen molar-refractivity contribution in [3.8, 4) is 0 Å². The van der Waals surface area contributed by atoms with E-state index in [0.717, 1.165) is 11.3 Å². The molecule has 0 aliphatic heterocycles. The predicted octanol–water partition coefficient (Wildman–Crippen LogP) is 2.55. The first-order valence-electron chi connectivity index (χ1n) is 3.07. The highest BCUT2D eigenvalue weighted by atomic mass is 35.5. The van der Waals surface area contributed by atoms with E-state index in [0.29, 0.717) is 0 Å². The molecule has 0 unspecified atom stereocenters. The Bertz CT molecular complexity index is 178. The highest BCUT2D eigenvalue weighted by Crippen LogP contribution is 1.99. The second-order valence-electron chi connectivity index (χ2n) is 1.97. The zero-order chi connectivity index (χ0) is 7.98. The van der Waals surface area contributed by atoms with Crippen LogP contribution in [0.1, 0.15) is 13.8 Å². The normalized spacial score (nSPS) is 14.7. The fraction of sp³-hybridized carbons (Fsp3) is 0.250. The van der Waals surface area contributed by atoms with Crippen molar-refractivity contribution in [1.82, 2.24) is 0 Å². The standard InChI is InChI=1S/C8H12ClN/c1-3-8(10)6-7(2)4-5-9/h3-6H,10H2,1-2H3/b5-4+,7-6-,8-3+. The van der Waals surface area contributed by atoms with E-state index < -0.39 is 0 Å². The zero-order valence-corrected chi connectivity index (χ0v) is 7.02. The summed E-state index contributed by atoms with van der Waals surface area (Å²) >= 11 is 5.34. The van der Waals surface area contributed by atoms with E-state index in [1.165, 1.54) is 5.54 Å². The van der Waals surface area contributed by atoms with Gasteiger partial charge >= 0.3 is 0 Å². The van der Waals surface area contributed by atoms with Gasteiger partial charge in [0.25, 0.3) is 0 Å². The van der Waals surface area contributed by atoms with Crippen molar-refractivity contribution in [3.05, 3.63) is 35.0 Å². The number of hydrogen-bond donors (Lipinski definition) is 1. The molecule has 0 atom stereocenters. The molecule has 0 bridgehead atoms. The minimum absolute atomic E-state index is 0.757. The van der Waals surface area contributed by atoms with Crippen LogP contribution < -0.4 is 5.73 Å². The SMILES string of the molecule is C\C=C(N)/C=C(C)\C=C\Cl. The average molecular weight is 158 g/mol. The zero-order valence-electron chi connectivity index (χ0n) is 6.26. The molecule has 0 saturated carbocycles. The Morgan fingerprint density at radius 1 is 1.50 bits per heavy atom. The Balaban J connectivity index is 4.16. The van der Waals surface area contributed by atoms with Gasteiger partial charge in [-0.25, -0.2) is 0 Å². The Hall–Kier alpha value is -0.690. The van der Waals surface area contributed by atoms with Crippen LogP contribution in [0, 0.1) is 0 Å². The van der Waals surface area contributed by atoms with E-state index in [2.05, 4.69) is 0 Å². The van der Waals surface area contributed by atoms with E-state index >= 15 is 0 Å². The molecule has 0 spiro atoms. The van der Waals surface area contributed by atoms with Crippen molar-refractivity contribution < 1.29 is 0 Å². The first-order valence-corrected chi connectivity index (χ1v) is 3.51. The molecule has 0 amide bonds. The van der Waals surface area contributed by atoms with Crippen LogP contribution in [0.2, 0.25) is 0 Å². The number of halogens is 1. The summed E-state index contributed by atoms with van der Waals surface area (Å²) in [4.78, 5) is 0. The monoisotopic (exact) mass is 157 g/mol. The van der Waals surface area contributed by atoms with Gasteiger partial charge in [-0.2, -0.15) is 0 Å². The molecule has 0 radical (unpaired) electrons. The van der Waals surface area contributed by atoms with Crippen molar-refractivity contribution in [3.63, 3.8) is 0 Å². The molecule has 2 N–H and O–H groups in total. The van der Waals surface area contributed by atoms with E-state index in [4.69, 9.17) is 17.3 Å². The molecule has 0 aliphatic carbocycles. The maximum Gasteiger partial charge on any atom is 0.0273 e. The predicted molar refractivity (Wildman–Crippen MR) is 46.7 cm³/mol. The number of allylic oxidation sites excluding steroid dienone is 4. The molecule has 0 fully saturated rings. The fourth-order valence-electron chi connectivity index (χ4n) is 0.494. The molecule has 2 heteroatoms. The lowest BCUT2D eigenvalue weighted by atomic mass is 10.2. The summed E-state index contributed by atoms with van der Waals surface area (Å²) in [5.74, 6) is 0. The average Bonchev–Trinajstić information content (AvgIpc) is 1.88. The molecular weight excluding hydrogens is 146 g/mol. The van der Waals surface area contributed by atoms with Crippen LogP contribution in [0.5, 0.6) is 0 Å². The summed E-state index contributed by atoms with van der Waals surface area (Å²) in [6.45, 7) is 3.83. The summed E-state index contributed by atoms with van der Waals surface area (Å²) in [6, 6.07) is 0. The lowest BCUT2D eigenvalue weighted by molar-refractivity contribution is 1.36. The molecule has 0 aliphatic rings. The molecule has 0 aromatic heterocycles. The molecule has 10 heavy (non-hydrogen) atoms. The van der Waals surface area contributed by atoms with E-state index in [1.807, 2.05) is 26.0 Å². The third-order valence-electron chi connectivity index (χ3n) is 1.05. The summed E-state index contributed by atoms with van der Waals surface area (Å²) < 4.78 is 0. The summed E-state index contributed by atoms with van der Waals surface area (Å²) in [5, 5.41) is 0. The molecular formula is C8H12ClN. The van der Waals surface area contributed by atoms with Crippen LogP contribution >= 0.6 is 11.6 Å². The summed E-state index contributed by atoms with van der Waals surface area (Å²) in [7, 11) is 0. The van der Waals surface area contributed by atoms with Gasteiger partial charge in [0.1, 0.15) is 0 Å². The fourth-order valence-corrected chi connectivity index (χ4v) is 0.692. The Morgan fingerprint density at radius 2 is 2.10 bits per heavy atom. The molecule has 1 nitrogen and oxygen atoms in total. The maximum atomic E-state index is 5.51. The molecule has 56 valence electrons. The topological polar surface area (TPSA) is 26.0 Å². The molecule has 0 heterocycles. The van der Waals surface area contributed by atoms with Gasteiger partial charge in [0.05, 0.1) is 0 Å². The van der Waals surface area contributed by atoms with E-state index in [-0.39, 0.29) is 0 Å². The van der Waals surface area contributed by atoms with Crippen LogP contribution in [0.3, 0.4) is 0 Å².